The molecule has 1 N–H and O–H groups in total. The van der Waals surface area contributed by atoms with E-state index in [0.717, 1.165) is 44.8 Å². The lowest BCUT2D eigenvalue weighted by Gasteiger charge is -2.41. The van der Waals surface area contributed by atoms with Crippen molar-refractivity contribution in [1.82, 2.24) is 9.55 Å². The Labute approximate surface area is 274 Å². The Bertz CT molecular complexity index is 1970. The third-order valence-electron chi connectivity index (χ3n) is 8.91. The monoisotopic (exact) mass is 634 g/mol. The van der Waals surface area contributed by atoms with Crippen LogP contribution in [0, 0.1) is 25.6 Å². The van der Waals surface area contributed by atoms with Crippen molar-refractivity contribution in [1.29, 1.82) is 0 Å². The number of hydrogen-bond donors (Lipinski definition) is 1. The minimum atomic E-state index is -0.579. The summed E-state index contributed by atoms with van der Waals surface area (Å²) in [5.41, 5.74) is 6.41. The Morgan fingerprint density at radius 2 is 1.68 bits per heavy atom. The van der Waals surface area contributed by atoms with E-state index in [4.69, 9.17) is 14.5 Å². The van der Waals surface area contributed by atoms with Gasteiger partial charge >= 0.3 is 0 Å². The van der Waals surface area contributed by atoms with Crippen molar-refractivity contribution in [2.24, 2.45) is 5.92 Å². The van der Waals surface area contributed by atoms with Crippen LogP contribution in [-0.2, 0) is 9.59 Å². The van der Waals surface area contributed by atoms with Gasteiger partial charge in [-0.2, -0.15) is 0 Å². The molecule has 2 atom stereocenters. The van der Waals surface area contributed by atoms with Gasteiger partial charge in [-0.05, 0) is 106 Å². The SMILES string of the molecule is COc1ccc(C2C(C(=O)Nc3ccc(-c4nc5ccc(F)cc5n4C(C)C)cc3C)CCC(=O)N2c2ccc(C)cc2)cc1OC. The number of aromatic nitrogens is 2. The molecule has 1 aromatic heterocycles. The number of rotatable bonds is 8. The van der Waals surface area contributed by atoms with Crippen molar-refractivity contribution in [2.45, 2.75) is 52.6 Å². The Kier molecular flexibility index (Phi) is 8.73. The fourth-order valence-corrected chi connectivity index (χ4v) is 6.56. The second-order valence-corrected chi connectivity index (χ2v) is 12.4. The van der Waals surface area contributed by atoms with Gasteiger partial charge < -0.3 is 24.3 Å². The van der Waals surface area contributed by atoms with Gasteiger partial charge in [0.2, 0.25) is 11.8 Å². The van der Waals surface area contributed by atoms with E-state index in [-0.39, 0.29) is 30.1 Å². The van der Waals surface area contributed by atoms with Gasteiger partial charge in [-0.15, -0.1) is 0 Å². The number of nitrogens with one attached hydrogen (secondary N) is 1. The second-order valence-electron chi connectivity index (χ2n) is 12.4. The van der Waals surface area contributed by atoms with Crippen LogP contribution in [0.25, 0.3) is 22.4 Å². The van der Waals surface area contributed by atoms with E-state index in [0.29, 0.717) is 23.6 Å². The van der Waals surface area contributed by atoms with E-state index in [1.54, 1.807) is 31.3 Å². The van der Waals surface area contributed by atoms with Crippen LogP contribution in [0.5, 0.6) is 11.5 Å². The average Bonchev–Trinajstić information content (AvgIpc) is 3.44. The quantitative estimate of drug-likeness (QED) is 0.186. The van der Waals surface area contributed by atoms with Gasteiger partial charge in [0.25, 0.3) is 0 Å². The van der Waals surface area contributed by atoms with E-state index in [2.05, 4.69) is 5.32 Å². The summed E-state index contributed by atoms with van der Waals surface area (Å²) in [6.07, 6.45) is 0.623. The lowest BCUT2D eigenvalue weighted by Crippen LogP contribution is -2.47. The standard InChI is InChI=1S/C38H39FN4O4/c1-22(2)42-32-21-27(39)11-16-31(32)40-37(42)26-9-15-30(24(4)19-26)41-38(45)29-14-18-35(44)43(28-12-7-23(3)8-13-28)36(29)25-10-17-33(46-5)34(20-25)47-6/h7-13,15-17,19-22,29,36H,14,18H2,1-6H3,(H,41,45). The highest BCUT2D eigenvalue weighted by Gasteiger charge is 2.42. The summed E-state index contributed by atoms with van der Waals surface area (Å²) in [6.45, 7) is 8.02. The van der Waals surface area contributed by atoms with Crippen molar-refractivity contribution >= 4 is 34.2 Å². The molecule has 5 aromatic rings. The first-order valence-electron chi connectivity index (χ1n) is 15.8. The van der Waals surface area contributed by atoms with Gasteiger partial charge in [-0.25, -0.2) is 9.37 Å². The number of piperidine rings is 1. The summed E-state index contributed by atoms with van der Waals surface area (Å²) in [4.78, 5) is 34.3. The fourth-order valence-electron chi connectivity index (χ4n) is 6.56. The highest BCUT2D eigenvalue weighted by Crippen LogP contribution is 2.43. The summed E-state index contributed by atoms with van der Waals surface area (Å²) in [5.74, 6) is 0.722. The number of methoxy groups -OCH3 is 2. The number of halogens is 1. The van der Waals surface area contributed by atoms with Crippen LogP contribution >= 0.6 is 0 Å². The molecule has 242 valence electrons. The summed E-state index contributed by atoms with van der Waals surface area (Å²) in [7, 11) is 3.14. The number of carbonyl (C=O) groups excluding carboxylic acids is 2. The summed E-state index contributed by atoms with van der Waals surface area (Å²) < 4.78 is 27.2. The third-order valence-corrected chi connectivity index (χ3v) is 8.91. The lowest BCUT2D eigenvalue weighted by molar-refractivity contribution is -0.125. The lowest BCUT2D eigenvalue weighted by atomic mass is 9.83. The molecule has 4 aromatic carbocycles. The van der Waals surface area contributed by atoms with Crippen LogP contribution in [0.1, 0.15) is 55.5 Å². The topological polar surface area (TPSA) is 85.7 Å². The number of ether oxygens (including phenoxy) is 2. The Balaban J connectivity index is 1.35. The number of nitrogens with zero attached hydrogens (tertiary/aromatic N) is 3. The number of aryl methyl sites for hydroxylation is 2. The maximum absolute atomic E-state index is 14.2. The molecule has 1 aliphatic heterocycles. The first-order valence-corrected chi connectivity index (χ1v) is 15.8. The number of benzene rings is 4. The molecule has 2 heterocycles. The summed E-state index contributed by atoms with van der Waals surface area (Å²) >= 11 is 0. The first kappa shape index (κ1) is 31.8. The molecule has 0 aliphatic carbocycles. The molecule has 2 amide bonds. The van der Waals surface area contributed by atoms with Gasteiger partial charge in [0.1, 0.15) is 11.6 Å². The predicted octanol–water partition coefficient (Wildman–Crippen LogP) is 8.18. The number of hydrogen-bond acceptors (Lipinski definition) is 5. The largest absolute Gasteiger partial charge is 0.493 e. The van der Waals surface area contributed by atoms with E-state index in [1.807, 2.05) is 86.9 Å². The highest BCUT2D eigenvalue weighted by atomic mass is 19.1. The predicted molar refractivity (Wildman–Crippen MR) is 183 cm³/mol. The smallest absolute Gasteiger partial charge is 0.229 e. The van der Waals surface area contributed by atoms with Crippen molar-refractivity contribution in [3.63, 3.8) is 0 Å². The van der Waals surface area contributed by atoms with Gasteiger partial charge in [0.15, 0.2) is 11.5 Å². The van der Waals surface area contributed by atoms with Gasteiger partial charge in [-0.3, -0.25) is 9.59 Å². The minimum absolute atomic E-state index is 0.0499. The van der Waals surface area contributed by atoms with Gasteiger partial charge in [0.05, 0.1) is 37.2 Å². The molecule has 6 rings (SSSR count). The zero-order chi connectivity index (χ0) is 33.4. The van der Waals surface area contributed by atoms with E-state index in [9.17, 15) is 14.0 Å². The normalized spacial score (nSPS) is 16.5. The fraction of sp³-hybridized carbons (Fsp3) is 0.289. The number of anilines is 2. The van der Waals surface area contributed by atoms with Crippen LogP contribution in [0.4, 0.5) is 15.8 Å². The van der Waals surface area contributed by atoms with Crippen LogP contribution in [0.3, 0.4) is 0 Å². The minimum Gasteiger partial charge on any atom is -0.493 e. The maximum atomic E-state index is 14.2. The molecule has 0 radical (unpaired) electrons. The number of carbonyl (C=O) groups is 2. The highest BCUT2D eigenvalue weighted by molar-refractivity contribution is 6.00. The zero-order valence-corrected chi connectivity index (χ0v) is 27.5. The van der Waals surface area contributed by atoms with Crippen molar-refractivity contribution in [3.8, 4) is 22.9 Å². The van der Waals surface area contributed by atoms with Crippen molar-refractivity contribution in [3.05, 3.63) is 101 Å². The molecule has 1 saturated heterocycles. The van der Waals surface area contributed by atoms with Crippen molar-refractivity contribution in [2.75, 3.05) is 24.4 Å². The van der Waals surface area contributed by atoms with E-state index >= 15 is 0 Å². The molecule has 47 heavy (non-hydrogen) atoms. The van der Waals surface area contributed by atoms with E-state index < -0.39 is 12.0 Å². The Hall–Kier alpha value is -5.18. The second kappa shape index (κ2) is 12.9. The molecule has 0 spiro atoms. The van der Waals surface area contributed by atoms with Crippen LogP contribution in [-0.4, -0.2) is 35.6 Å². The average molecular weight is 635 g/mol. The zero-order valence-electron chi connectivity index (χ0n) is 27.5. The number of fused-ring (bicyclic) bond motifs is 1. The van der Waals surface area contributed by atoms with Crippen LogP contribution in [0.2, 0.25) is 0 Å². The molecular formula is C38H39FN4O4. The molecule has 1 aliphatic rings. The maximum Gasteiger partial charge on any atom is 0.229 e. The molecular weight excluding hydrogens is 595 g/mol. The van der Waals surface area contributed by atoms with Gasteiger partial charge in [0, 0.05) is 29.4 Å². The number of amides is 2. The van der Waals surface area contributed by atoms with Crippen molar-refractivity contribution < 1.29 is 23.5 Å². The third kappa shape index (κ3) is 6.05. The Morgan fingerprint density at radius 3 is 2.36 bits per heavy atom. The first-order chi connectivity index (χ1) is 22.6. The molecule has 1 fully saturated rings. The Morgan fingerprint density at radius 1 is 0.936 bits per heavy atom. The van der Waals surface area contributed by atoms with Crippen LogP contribution < -0.4 is 19.7 Å². The molecule has 0 saturated carbocycles. The molecule has 0 bridgehead atoms. The molecule has 8 nitrogen and oxygen atoms in total. The number of imidazole rings is 1. The van der Waals surface area contributed by atoms with Gasteiger partial charge in [-0.1, -0.05) is 23.8 Å². The summed E-state index contributed by atoms with van der Waals surface area (Å²) in [5, 5.41) is 3.17. The molecule has 2 unspecified atom stereocenters. The van der Waals surface area contributed by atoms with E-state index in [1.165, 1.54) is 12.1 Å². The summed E-state index contributed by atoms with van der Waals surface area (Å²) in [6, 6.07) is 23.2. The molecule has 9 heteroatoms. The van der Waals surface area contributed by atoms with Crippen LogP contribution in [0.15, 0.2) is 78.9 Å².